The molecule has 1 aromatic rings. The van der Waals surface area contributed by atoms with Gasteiger partial charge in [0, 0.05) is 19.3 Å². The average molecular weight is 291 g/mol. The highest BCUT2D eigenvalue weighted by Crippen LogP contribution is 2.28. The minimum atomic E-state index is 0.278. The minimum absolute atomic E-state index is 0.278. The van der Waals surface area contributed by atoms with E-state index in [1.165, 1.54) is 25.7 Å². The van der Waals surface area contributed by atoms with Crippen molar-refractivity contribution < 1.29 is 4.74 Å². The first kappa shape index (κ1) is 14.4. The van der Waals surface area contributed by atoms with E-state index in [9.17, 15) is 0 Å². The Balaban J connectivity index is 1.45. The second kappa shape index (κ2) is 6.93. The predicted molar refractivity (Wildman–Crippen MR) is 82.0 cm³/mol. The predicted octanol–water partition coefficient (Wildman–Crippen LogP) is 1.58. The number of nitrogens with zero attached hydrogens (tertiary/aromatic N) is 3. The zero-order valence-corrected chi connectivity index (χ0v) is 12.5. The Morgan fingerprint density at radius 2 is 2.24 bits per heavy atom. The molecule has 1 saturated heterocycles. The Morgan fingerprint density at radius 1 is 1.38 bits per heavy atom. The summed E-state index contributed by atoms with van der Waals surface area (Å²) in [6.45, 7) is 2.14. The molecule has 1 atom stereocenters. The van der Waals surface area contributed by atoms with Crippen molar-refractivity contribution in [2.24, 2.45) is 10.7 Å². The lowest BCUT2D eigenvalue weighted by atomic mass is 10.2. The van der Waals surface area contributed by atoms with Gasteiger partial charge in [-0.1, -0.05) is 12.8 Å². The number of ether oxygens (including phenoxy) is 1. The summed E-state index contributed by atoms with van der Waals surface area (Å²) < 4.78 is 7.63. The molecule has 1 unspecified atom stereocenters. The molecule has 2 aliphatic rings. The summed E-state index contributed by atoms with van der Waals surface area (Å²) >= 11 is 0. The molecule has 116 valence electrons. The molecular weight excluding hydrogens is 266 g/mol. The molecule has 3 rings (SSSR count). The van der Waals surface area contributed by atoms with E-state index >= 15 is 0 Å². The van der Waals surface area contributed by atoms with Crippen molar-refractivity contribution in [2.45, 2.75) is 57.2 Å². The van der Waals surface area contributed by atoms with Crippen LogP contribution in [-0.2, 0) is 11.3 Å². The van der Waals surface area contributed by atoms with E-state index in [1.54, 1.807) is 0 Å². The molecule has 3 N–H and O–H groups in total. The van der Waals surface area contributed by atoms with Crippen LogP contribution in [0.25, 0.3) is 0 Å². The normalized spacial score (nSPS) is 23.8. The fourth-order valence-electron chi connectivity index (χ4n) is 3.08. The van der Waals surface area contributed by atoms with Crippen molar-refractivity contribution in [3.63, 3.8) is 0 Å². The molecule has 2 heterocycles. The Morgan fingerprint density at radius 3 is 3.00 bits per heavy atom. The van der Waals surface area contributed by atoms with E-state index in [2.05, 4.69) is 26.3 Å². The molecule has 0 bridgehead atoms. The van der Waals surface area contributed by atoms with E-state index in [-0.39, 0.29) is 6.10 Å². The van der Waals surface area contributed by atoms with Gasteiger partial charge in [-0.25, -0.2) is 4.99 Å². The van der Waals surface area contributed by atoms with E-state index in [1.807, 2.05) is 6.07 Å². The smallest absolute Gasteiger partial charge is 0.189 e. The lowest BCUT2D eigenvalue weighted by Crippen LogP contribution is -2.37. The van der Waals surface area contributed by atoms with Crippen molar-refractivity contribution in [3.8, 4) is 0 Å². The van der Waals surface area contributed by atoms with Gasteiger partial charge in [-0.05, 0) is 31.7 Å². The molecule has 1 aliphatic heterocycles. The fourth-order valence-corrected chi connectivity index (χ4v) is 3.08. The highest BCUT2D eigenvalue weighted by molar-refractivity contribution is 5.77. The van der Waals surface area contributed by atoms with Crippen LogP contribution >= 0.6 is 0 Å². The maximum absolute atomic E-state index is 5.88. The second-order valence-electron chi connectivity index (χ2n) is 5.94. The molecule has 21 heavy (non-hydrogen) atoms. The average Bonchev–Trinajstić information content (AvgIpc) is 3.24. The highest BCUT2D eigenvalue weighted by atomic mass is 16.5. The first-order valence-electron chi connectivity index (χ1n) is 8.01. The first-order valence-corrected chi connectivity index (χ1v) is 8.01. The van der Waals surface area contributed by atoms with E-state index in [0.717, 1.165) is 31.7 Å². The van der Waals surface area contributed by atoms with Gasteiger partial charge in [0.15, 0.2) is 5.96 Å². The number of guanidine groups is 1. The number of aliphatic imine (C=N–C) groups is 1. The summed E-state index contributed by atoms with van der Waals surface area (Å²) in [4.78, 5) is 4.35. The largest absolute Gasteiger partial charge is 0.376 e. The van der Waals surface area contributed by atoms with Gasteiger partial charge in [-0.2, -0.15) is 5.10 Å². The standard InChI is InChI=1S/C15H25N5O/c16-15(18-11-14-6-3-9-21-14)17-10-12-7-8-20(19-12)13-4-1-2-5-13/h7-8,13-14H,1-6,9-11H2,(H3,16,17,18). The Labute approximate surface area is 125 Å². The third-order valence-corrected chi connectivity index (χ3v) is 4.31. The molecule has 0 spiro atoms. The summed E-state index contributed by atoms with van der Waals surface area (Å²) in [5.41, 5.74) is 6.85. The van der Waals surface area contributed by atoms with Crippen LogP contribution in [0.1, 0.15) is 50.3 Å². The molecular formula is C15H25N5O. The molecule has 0 amide bonds. The number of hydrogen-bond acceptors (Lipinski definition) is 3. The van der Waals surface area contributed by atoms with Gasteiger partial charge in [0.25, 0.3) is 0 Å². The number of nitrogens with one attached hydrogen (secondary N) is 1. The van der Waals surface area contributed by atoms with Gasteiger partial charge in [-0.3, -0.25) is 4.68 Å². The third-order valence-electron chi connectivity index (χ3n) is 4.31. The van der Waals surface area contributed by atoms with Crippen LogP contribution in [0.3, 0.4) is 0 Å². The Hall–Kier alpha value is -1.56. The Bertz CT molecular complexity index is 472. The van der Waals surface area contributed by atoms with E-state index in [4.69, 9.17) is 10.5 Å². The number of aromatic nitrogens is 2. The second-order valence-corrected chi connectivity index (χ2v) is 5.94. The van der Waals surface area contributed by atoms with Crippen LogP contribution in [0.5, 0.6) is 0 Å². The third kappa shape index (κ3) is 3.97. The highest BCUT2D eigenvalue weighted by Gasteiger charge is 2.17. The molecule has 1 saturated carbocycles. The van der Waals surface area contributed by atoms with Crippen molar-refractivity contribution in [3.05, 3.63) is 18.0 Å². The molecule has 1 aliphatic carbocycles. The van der Waals surface area contributed by atoms with Gasteiger partial charge in [0.1, 0.15) is 0 Å². The van der Waals surface area contributed by atoms with Gasteiger partial charge < -0.3 is 15.8 Å². The molecule has 6 heteroatoms. The molecule has 0 aromatic carbocycles. The maximum Gasteiger partial charge on any atom is 0.189 e. The Kier molecular flexibility index (Phi) is 4.75. The number of rotatable bonds is 5. The number of nitrogens with two attached hydrogens (primary N) is 1. The zero-order valence-electron chi connectivity index (χ0n) is 12.5. The lowest BCUT2D eigenvalue weighted by Gasteiger charge is -2.11. The fraction of sp³-hybridized carbons (Fsp3) is 0.733. The summed E-state index contributed by atoms with van der Waals surface area (Å²) in [6, 6.07) is 2.62. The molecule has 6 nitrogen and oxygen atoms in total. The van der Waals surface area contributed by atoms with Crippen molar-refractivity contribution in [1.29, 1.82) is 0 Å². The topological polar surface area (TPSA) is 77.5 Å². The van der Waals surface area contributed by atoms with Gasteiger partial charge in [-0.15, -0.1) is 0 Å². The minimum Gasteiger partial charge on any atom is -0.376 e. The zero-order chi connectivity index (χ0) is 14.5. The monoisotopic (exact) mass is 291 g/mol. The van der Waals surface area contributed by atoms with Crippen molar-refractivity contribution >= 4 is 5.96 Å². The van der Waals surface area contributed by atoms with Gasteiger partial charge >= 0.3 is 0 Å². The molecule has 0 radical (unpaired) electrons. The van der Waals surface area contributed by atoms with Crippen molar-refractivity contribution in [2.75, 3.05) is 13.2 Å². The molecule has 2 fully saturated rings. The van der Waals surface area contributed by atoms with Gasteiger partial charge in [0.2, 0.25) is 0 Å². The van der Waals surface area contributed by atoms with Gasteiger partial charge in [0.05, 0.1) is 24.4 Å². The molecule has 1 aromatic heterocycles. The summed E-state index contributed by atoms with van der Waals surface area (Å²) in [7, 11) is 0. The summed E-state index contributed by atoms with van der Waals surface area (Å²) in [6.07, 6.45) is 9.71. The number of hydrogen-bond donors (Lipinski definition) is 2. The van der Waals surface area contributed by atoms with Crippen LogP contribution < -0.4 is 11.1 Å². The summed E-state index contributed by atoms with van der Waals surface area (Å²) in [5.74, 6) is 0.473. The van der Waals surface area contributed by atoms with E-state index < -0.39 is 0 Å². The van der Waals surface area contributed by atoms with Crippen molar-refractivity contribution in [1.82, 2.24) is 15.1 Å². The lowest BCUT2D eigenvalue weighted by molar-refractivity contribution is 0.114. The van der Waals surface area contributed by atoms with Crippen LogP contribution in [0.4, 0.5) is 0 Å². The van der Waals surface area contributed by atoms with Crippen LogP contribution in [0.15, 0.2) is 17.3 Å². The SMILES string of the molecule is NC(=NCc1ccn(C2CCCC2)n1)NCC1CCCO1. The first-order chi connectivity index (χ1) is 10.3. The van der Waals surface area contributed by atoms with E-state index in [0.29, 0.717) is 18.5 Å². The van der Waals surface area contributed by atoms with Crippen LogP contribution in [0.2, 0.25) is 0 Å². The van der Waals surface area contributed by atoms with Crippen LogP contribution in [-0.4, -0.2) is 35.0 Å². The summed E-state index contributed by atoms with van der Waals surface area (Å²) in [5, 5.41) is 7.73. The van der Waals surface area contributed by atoms with Crippen LogP contribution in [0, 0.1) is 0 Å². The quantitative estimate of drug-likeness (QED) is 0.638. The maximum atomic E-state index is 5.88.